The van der Waals surface area contributed by atoms with Crippen LogP contribution in [0, 0.1) is 12.7 Å². The number of methoxy groups -OCH3 is 1. The van der Waals surface area contributed by atoms with Gasteiger partial charge in [-0.05, 0) is 48.2 Å². The lowest BCUT2D eigenvalue weighted by molar-refractivity contribution is -0.118. The summed E-state index contributed by atoms with van der Waals surface area (Å²) in [6, 6.07) is 13.4. The van der Waals surface area contributed by atoms with Crippen LogP contribution < -0.4 is 10.1 Å². The molecular weight excluding hydrogens is 417 g/mol. The van der Waals surface area contributed by atoms with Crippen LogP contribution >= 0.6 is 11.3 Å². The highest BCUT2D eigenvalue weighted by Gasteiger charge is 2.25. The number of nitrogens with one attached hydrogen (secondary N) is 1. The van der Waals surface area contributed by atoms with Gasteiger partial charge >= 0.3 is 5.97 Å². The van der Waals surface area contributed by atoms with Gasteiger partial charge in [0.25, 0.3) is 5.91 Å². The Labute approximate surface area is 184 Å². The lowest BCUT2D eigenvalue weighted by atomic mass is 10.0. The van der Waals surface area contributed by atoms with Gasteiger partial charge < -0.3 is 14.8 Å². The molecule has 0 radical (unpaired) electrons. The molecule has 0 aliphatic heterocycles. The molecule has 3 rings (SSSR count). The molecule has 0 bridgehead atoms. The van der Waals surface area contributed by atoms with Gasteiger partial charge in [0.1, 0.15) is 22.1 Å². The van der Waals surface area contributed by atoms with Crippen LogP contribution in [0.3, 0.4) is 0 Å². The molecule has 1 N–H and O–H groups in total. The van der Waals surface area contributed by atoms with E-state index in [-0.39, 0.29) is 18.0 Å². The van der Waals surface area contributed by atoms with E-state index < -0.39 is 11.9 Å². The second-order valence-electron chi connectivity index (χ2n) is 7.30. The zero-order valence-electron chi connectivity index (χ0n) is 17.8. The summed E-state index contributed by atoms with van der Waals surface area (Å²) in [5.41, 5.74) is 2.63. The molecule has 7 heteroatoms. The van der Waals surface area contributed by atoms with Gasteiger partial charge in [-0.25, -0.2) is 9.18 Å². The Morgan fingerprint density at radius 1 is 1.13 bits per heavy atom. The van der Waals surface area contributed by atoms with Gasteiger partial charge in [0, 0.05) is 10.4 Å². The quantitative estimate of drug-likeness (QED) is 0.471. The summed E-state index contributed by atoms with van der Waals surface area (Å²) in [6.45, 7) is 5.79. The summed E-state index contributed by atoms with van der Waals surface area (Å²) in [4.78, 5) is 25.8. The van der Waals surface area contributed by atoms with Crippen molar-refractivity contribution in [3.63, 3.8) is 0 Å². The average Bonchev–Trinajstić information content (AvgIpc) is 3.08. The Morgan fingerprint density at radius 2 is 1.84 bits per heavy atom. The van der Waals surface area contributed by atoms with Gasteiger partial charge in [-0.3, -0.25) is 4.79 Å². The second kappa shape index (κ2) is 9.75. The number of halogens is 1. The van der Waals surface area contributed by atoms with E-state index in [9.17, 15) is 14.0 Å². The number of rotatable bonds is 7. The number of ether oxygens (including phenoxy) is 2. The third kappa shape index (κ3) is 5.30. The summed E-state index contributed by atoms with van der Waals surface area (Å²) < 4.78 is 23.9. The Balaban J connectivity index is 1.81. The number of carbonyl (C=O) groups is 2. The number of hydrogen-bond acceptors (Lipinski definition) is 5. The van der Waals surface area contributed by atoms with Crippen LogP contribution in [0.5, 0.6) is 5.75 Å². The maximum Gasteiger partial charge on any atom is 0.341 e. The van der Waals surface area contributed by atoms with Crippen LogP contribution in [0.2, 0.25) is 0 Å². The molecular formula is C24H24FNO4S. The lowest BCUT2D eigenvalue weighted by Crippen LogP contribution is -2.21. The van der Waals surface area contributed by atoms with Crippen molar-refractivity contribution < 1.29 is 23.5 Å². The number of esters is 1. The Bertz CT molecular complexity index is 1090. The number of amides is 1. The highest BCUT2D eigenvalue weighted by atomic mass is 32.1. The fourth-order valence-electron chi connectivity index (χ4n) is 3.17. The first-order chi connectivity index (χ1) is 14.8. The molecule has 0 aliphatic carbocycles. The van der Waals surface area contributed by atoms with Crippen LogP contribution in [0.15, 0.2) is 48.5 Å². The van der Waals surface area contributed by atoms with Gasteiger partial charge in [0.2, 0.25) is 0 Å². The van der Waals surface area contributed by atoms with Crippen LogP contribution in [0.4, 0.5) is 9.39 Å². The van der Waals surface area contributed by atoms with Crippen molar-refractivity contribution in [3.05, 3.63) is 70.4 Å². The maximum atomic E-state index is 13.3. The summed E-state index contributed by atoms with van der Waals surface area (Å²) in [7, 11) is 1.28. The average molecular weight is 442 g/mol. The third-order valence-corrected chi connectivity index (χ3v) is 5.77. The molecule has 1 heterocycles. The molecule has 3 aromatic rings. The standard InChI is InChI=1S/C24H24FNO4S/c1-14(2)17-6-5-7-19(12-17)30-13-20(27)26-23-22(24(28)29-4)21(15(3)31-23)16-8-10-18(25)11-9-16/h5-12,14H,13H2,1-4H3,(H,26,27). The van der Waals surface area contributed by atoms with Crippen molar-refractivity contribution in [1.82, 2.24) is 0 Å². The van der Waals surface area contributed by atoms with Gasteiger partial charge in [-0.2, -0.15) is 0 Å². The van der Waals surface area contributed by atoms with Crippen LogP contribution in [0.25, 0.3) is 11.1 Å². The van der Waals surface area contributed by atoms with Gasteiger partial charge in [-0.1, -0.05) is 38.1 Å². The van der Waals surface area contributed by atoms with E-state index in [1.165, 1.54) is 30.6 Å². The molecule has 0 aliphatic rings. The lowest BCUT2D eigenvalue weighted by Gasteiger charge is -2.11. The fraction of sp³-hybridized carbons (Fsp3) is 0.250. The molecule has 162 valence electrons. The predicted molar refractivity (Wildman–Crippen MR) is 120 cm³/mol. The molecule has 1 aromatic heterocycles. The highest BCUT2D eigenvalue weighted by molar-refractivity contribution is 7.17. The number of aryl methyl sites for hydroxylation is 1. The van der Waals surface area contributed by atoms with Crippen molar-refractivity contribution in [1.29, 1.82) is 0 Å². The van der Waals surface area contributed by atoms with Crippen LogP contribution in [-0.4, -0.2) is 25.6 Å². The zero-order chi connectivity index (χ0) is 22.5. The minimum absolute atomic E-state index is 0.203. The first-order valence-electron chi connectivity index (χ1n) is 9.80. The van der Waals surface area contributed by atoms with E-state index in [0.29, 0.717) is 27.8 Å². The summed E-state index contributed by atoms with van der Waals surface area (Å²) in [6.07, 6.45) is 0. The summed E-state index contributed by atoms with van der Waals surface area (Å²) in [5.74, 6) is -0.400. The minimum atomic E-state index is -0.579. The SMILES string of the molecule is COC(=O)c1c(NC(=O)COc2cccc(C(C)C)c2)sc(C)c1-c1ccc(F)cc1. The minimum Gasteiger partial charge on any atom is -0.484 e. The van der Waals surface area contributed by atoms with E-state index in [1.807, 2.05) is 25.1 Å². The van der Waals surface area contributed by atoms with Crippen molar-refractivity contribution in [2.24, 2.45) is 0 Å². The molecule has 0 fully saturated rings. The first kappa shape index (κ1) is 22.5. The molecule has 0 atom stereocenters. The van der Waals surface area contributed by atoms with E-state index in [4.69, 9.17) is 9.47 Å². The summed E-state index contributed by atoms with van der Waals surface area (Å²) in [5, 5.41) is 3.12. The molecule has 0 saturated carbocycles. The number of hydrogen-bond donors (Lipinski definition) is 1. The van der Waals surface area contributed by atoms with Gasteiger partial charge in [-0.15, -0.1) is 11.3 Å². The van der Waals surface area contributed by atoms with Crippen molar-refractivity contribution in [2.75, 3.05) is 19.0 Å². The Kier molecular flexibility index (Phi) is 7.07. The monoisotopic (exact) mass is 441 g/mol. The van der Waals surface area contributed by atoms with Gasteiger partial charge in [0.15, 0.2) is 6.61 Å². The number of benzene rings is 2. The predicted octanol–water partition coefficient (Wildman–Crippen LogP) is 5.79. The van der Waals surface area contributed by atoms with E-state index in [2.05, 4.69) is 19.2 Å². The molecule has 1 amide bonds. The van der Waals surface area contributed by atoms with Crippen molar-refractivity contribution in [2.45, 2.75) is 26.7 Å². The molecule has 0 saturated heterocycles. The van der Waals surface area contributed by atoms with E-state index >= 15 is 0 Å². The smallest absolute Gasteiger partial charge is 0.341 e. The van der Waals surface area contributed by atoms with E-state index in [0.717, 1.165) is 10.4 Å². The van der Waals surface area contributed by atoms with Crippen molar-refractivity contribution >= 4 is 28.2 Å². The number of thiophene rings is 1. The van der Waals surface area contributed by atoms with E-state index in [1.54, 1.807) is 18.2 Å². The number of anilines is 1. The van der Waals surface area contributed by atoms with Crippen LogP contribution in [-0.2, 0) is 9.53 Å². The van der Waals surface area contributed by atoms with Gasteiger partial charge in [0.05, 0.1) is 7.11 Å². The largest absolute Gasteiger partial charge is 0.484 e. The highest BCUT2D eigenvalue weighted by Crippen LogP contribution is 2.40. The maximum absolute atomic E-state index is 13.3. The molecule has 5 nitrogen and oxygen atoms in total. The molecule has 31 heavy (non-hydrogen) atoms. The normalized spacial score (nSPS) is 10.8. The zero-order valence-corrected chi connectivity index (χ0v) is 18.6. The Hall–Kier alpha value is -3.19. The molecule has 0 spiro atoms. The fourth-order valence-corrected chi connectivity index (χ4v) is 4.25. The van der Waals surface area contributed by atoms with Crippen LogP contribution in [0.1, 0.15) is 40.6 Å². The van der Waals surface area contributed by atoms with Crippen molar-refractivity contribution in [3.8, 4) is 16.9 Å². The Morgan fingerprint density at radius 3 is 2.48 bits per heavy atom. The topological polar surface area (TPSA) is 64.6 Å². The summed E-state index contributed by atoms with van der Waals surface area (Å²) >= 11 is 1.26. The molecule has 2 aromatic carbocycles. The third-order valence-electron chi connectivity index (χ3n) is 4.75. The second-order valence-corrected chi connectivity index (χ2v) is 8.52. The molecule has 0 unspecified atom stereocenters. The number of carbonyl (C=O) groups excluding carboxylic acids is 2. The first-order valence-corrected chi connectivity index (χ1v) is 10.6.